The lowest BCUT2D eigenvalue weighted by molar-refractivity contribution is 0.0696. The molecule has 1 aliphatic heterocycles. The minimum absolute atomic E-state index is 0.0983. The minimum atomic E-state index is -0.979. The molecular formula is C19H18O5. The summed E-state index contributed by atoms with van der Waals surface area (Å²) in [4.78, 5) is 23.1. The van der Waals surface area contributed by atoms with Crippen LogP contribution in [-0.2, 0) is 6.42 Å². The van der Waals surface area contributed by atoms with Crippen molar-refractivity contribution in [2.45, 2.75) is 26.7 Å². The van der Waals surface area contributed by atoms with E-state index in [1.54, 1.807) is 18.2 Å². The Morgan fingerprint density at radius 2 is 2.00 bits per heavy atom. The zero-order valence-electron chi connectivity index (χ0n) is 13.6. The highest BCUT2D eigenvalue weighted by Crippen LogP contribution is 2.41. The first-order chi connectivity index (χ1) is 11.5. The van der Waals surface area contributed by atoms with Gasteiger partial charge in [0.05, 0.1) is 17.7 Å². The molecule has 0 fully saturated rings. The first kappa shape index (κ1) is 16.1. The molecule has 0 spiro atoms. The maximum Gasteiger partial charge on any atom is 0.335 e. The molecule has 0 saturated heterocycles. The van der Waals surface area contributed by atoms with Crippen LogP contribution in [0.5, 0.6) is 17.2 Å². The van der Waals surface area contributed by atoms with E-state index in [4.69, 9.17) is 14.6 Å². The van der Waals surface area contributed by atoms with Crippen LogP contribution < -0.4 is 9.47 Å². The summed E-state index contributed by atoms with van der Waals surface area (Å²) in [5.74, 6) is 0.660. The van der Waals surface area contributed by atoms with Crippen molar-refractivity contribution >= 4 is 11.8 Å². The monoisotopic (exact) mass is 326 g/mol. The summed E-state index contributed by atoms with van der Waals surface area (Å²) in [5, 5.41) is 9.13. The Kier molecular flexibility index (Phi) is 4.25. The number of ketones is 1. The first-order valence-electron chi connectivity index (χ1n) is 7.84. The van der Waals surface area contributed by atoms with Crippen molar-refractivity contribution in [3.8, 4) is 17.2 Å². The van der Waals surface area contributed by atoms with Crippen molar-refractivity contribution in [3.63, 3.8) is 0 Å². The number of rotatable bonds is 5. The summed E-state index contributed by atoms with van der Waals surface area (Å²) in [6, 6.07) is 8.29. The average molecular weight is 326 g/mol. The van der Waals surface area contributed by atoms with Crippen molar-refractivity contribution < 1.29 is 24.2 Å². The van der Waals surface area contributed by atoms with Gasteiger partial charge in [0, 0.05) is 17.5 Å². The Hall–Kier alpha value is -2.82. The number of benzene rings is 2. The normalized spacial score (nSPS) is 11.9. The summed E-state index contributed by atoms with van der Waals surface area (Å²) < 4.78 is 11.6. The summed E-state index contributed by atoms with van der Waals surface area (Å²) in [6.45, 7) is 4.07. The summed E-state index contributed by atoms with van der Waals surface area (Å²) in [6.07, 6.45) is 1.36. The van der Waals surface area contributed by atoms with Gasteiger partial charge in [-0.1, -0.05) is 6.92 Å². The highest BCUT2D eigenvalue weighted by atomic mass is 16.5. The first-order valence-corrected chi connectivity index (χ1v) is 7.84. The minimum Gasteiger partial charge on any atom is -0.494 e. The van der Waals surface area contributed by atoms with Crippen LogP contribution in [-0.4, -0.2) is 23.5 Å². The van der Waals surface area contributed by atoms with Crippen molar-refractivity contribution in [3.05, 3.63) is 52.6 Å². The Bertz CT molecular complexity index is 823. The molecule has 0 unspecified atom stereocenters. The van der Waals surface area contributed by atoms with E-state index >= 15 is 0 Å². The van der Waals surface area contributed by atoms with Gasteiger partial charge >= 0.3 is 5.97 Å². The predicted molar refractivity (Wildman–Crippen MR) is 88.5 cm³/mol. The number of carbonyl (C=O) groups excluding carboxylic acids is 1. The van der Waals surface area contributed by atoms with Crippen molar-refractivity contribution in [2.24, 2.45) is 0 Å². The lowest BCUT2D eigenvalue weighted by Crippen LogP contribution is -2.10. The SMILES string of the molecule is CCCOc1cc2c(c(C(C)=O)c1)Oc1ccc(C(=O)O)cc1C2. The maximum absolute atomic E-state index is 12.0. The van der Waals surface area contributed by atoms with Gasteiger partial charge in [0.2, 0.25) is 0 Å². The molecule has 124 valence electrons. The molecule has 5 nitrogen and oxygen atoms in total. The third-order valence-electron chi connectivity index (χ3n) is 3.89. The van der Waals surface area contributed by atoms with Gasteiger partial charge in [-0.25, -0.2) is 4.79 Å². The molecule has 2 aromatic carbocycles. The molecule has 0 aliphatic carbocycles. The number of carboxylic acids is 1. The van der Waals surface area contributed by atoms with E-state index in [0.29, 0.717) is 35.8 Å². The Balaban J connectivity index is 2.04. The standard InChI is InChI=1S/C19H18O5/c1-3-6-23-15-9-14-8-13-7-12(19(21)22)4-5-17(13)24-18(14)16(10-15)11(2)20/h4-5,7,9-10H,3,6,8H2,1-2H3,(H,21,22). The number of hydrogen-bond donors (Lipinski definition) is 1. The zero-order chi connectivity index (χ0) is 17.3. The molecule has 0 atom stereocenters. The molecule has 1 N–H and O–H groups in total. The van der Waals surface area contributed by atoms with Crippen LogP contribution in [0, 0.1) is 0 Å². The average Bonchev–Trinajstić information content (AvgIpc) is 2.56. The molecule has 24 heavy (non-hydrogen) atoms. The van der Waals surface area contributed by atoms with Crippen LogP contribution in [0.3, 0.4) is 0 Å². The van der Waals surface area contributed by atoms with Gasteiger partial charge in [-0.15, -0.1) is 0 Å². The fourth-order valence-electron chi connectivity index (χ4n) is 2.74. The van der Waals surface area contributed by atoms with Crippen LogP contribution in [0.4, 0.5) is 0 Å². The molecule has 0 amide bonds. The van der Waals surface area contributed by atoms with Gasteiger partial charge in [0.15, 0.2) is 5.78 Å². The summed E-state index contributed by atoms with van der Waals surface area (Å²) >= 11 is 0. The van der Waals surface area contributed by atoms with Crippen molar-refractivity contribution in [1.29, 1.82) is 0 Å². The van der Waals surface area contributed by atoms with E-state index in [0.717, 1.165) is 17.5 Å². The third-order valence-corrected chi connectivity index (χ3v) is 3.89. The van der Waals surface area contributed by atoms with Gasteiger partial charge in [-0.05, 0) is 43.7 Å². The lowest BCUT2D eigenvalue weighted by Gasteiger charge is -2.23. The van der Waals surface area contributed by atoms with E-state index in [1.807, 2.05) is 13.0 Å². The van der Waals surface area contributed by atoms with Crippen molar-refractivity contribution in [1.82, 2.24) is 0 Å². The van der Waals surface area contributed by atoms with Crippen LogP contribution in [0.25, 0.3) is 0 Å². The molecule has 3 rings (SSSR count). The van der Waals surface area contributed by atoms with E-state index in [9.17, 15) is 9.59 Å². The van der Waals surface area contributed by atoms with Gasteiger partial charge in [-0.3, -0.25) is 4.79 Å². The molecule has 0 aromatic heterocycles. The third kappa shape index (κ3) is 2.97. The second-order valence-electron chi connectivity index (χ2n) is 5.77. The quantitative estimate of drug-likeness (QED) is 0.715. The Labute approximate surface area is 139 Å². The molecule has 2 aromatic rings. The van der Waals surface area contributed by atoms with Crippen molar-refractivity contribution in [2.75, 3.05) is 6.61 Å². The Morgan fingerprint density at radius 1 is 1.21 bits per heavy atom. The zero-order valence-corrected chi connectivity index (χ0v) is 13.6. The highest BCUT2D eigenvalue weighted by Gasteiger charge is 2.24. The van der Waals surface area contributed by atoms with Crippen LogP contribution >= 0.6 is 0 Å². The number of ether oxygens (including phenoxy) is 2. The van der Waals surface area contributed by atoms with E-state index in [2.05, 4.69) is 0 Å². The van der Waals surface area contributed by atoms with Gasteiger partial charge in [0.1, 0.15) is 17.2 Å². The number of carboxylic acid groups (broad SMARTS) is 1. The van der Waals surface area contributed by atoms with E-state index < -0.39 is 5.97 Å². The van der Waals surface area contributed by atoms with Gasteiger partial charge in [-0.2, -0.15) is 0 Å². The number of aromatic carboxylic acids is 1. The molecule has 5 heteroatoms. The van der Waals surface area contributed by atoms with Crippen LogP contribution in [0.1, 0.15) is 52.1 Å². The topological polar surface area (TPSA) is 72.8 Å². The highest BCUT2D eigenvalue weighted by molar-refractivity contribution is 5.98. The molecular weight excluding hydrogens is 308 g/mol. The number of fused-ring (bicyclic) bond motifs is 2. The van der Waals surface area contributed by atoms with Gasteiger partial charge in [0.25, 0.3) is 0 Å². The number of carbonyl (C=O) groups is 2. The molecule has 1 aliphatic rings. The predicted octanol–water partition coefficient (Wildman–Crippen LogP) is 4.07. The maximum atomic E-state index is 12.0. The lowest BCUT2D eigenvalue weighted by atomic mass is 9.95. The number of hydrogen-bond acceptors (Lipinski definition) is 4. The Morgan fingerprint density at radius 3 is 2.67 bits per heavy atom. The summed E-state index contributed by atoms with van der Waals surface area (Å²) in [5.41, 5.74) is 2.30. The van der Waals surface area contributed by atoms with Crippen LogP contribution in [0.15, 0.2) is 30.3 Å². The molecule has 0 radical (unpaired) electrons. The second-order valence-corrected chi connectivity index (χ2v) is 5.77. The largest absolute Gasteiger partial charge is 0.494 e. The molecule has 1 heterocycles. The fraction of sp³-hybridized carbons (Fsp3) is 0.263. The van der Waals surface area contributed by atoms with E-state index in [1.165, 1.54) is 13.0 Å². The van der Waals surface area contributed by atoms with Crippen LogP contribution in [0.2, 0.25) is 0 Å². The molecule has 0 saturated carbocycles. The smallest absolute Gasteiger partial charge is 0.335 e. The molecule has 0 bridgehead atoms. The summed E-state index contributed by atoms with van der Waals surface area (Å²) in [7, 11) is 0. The fourth-order valence-corrected chi connectivity index (χ4v) is 2.74. The van der Waals surface area contributed by atoms with Gasteiger partial charge < -0.3 is 14.6 Å². The number of Topliss-reactive ketones (excluding diaryl/α,β-unsaturated/α-hetero) is 1. The second kappa shape index (κ2) is 6.35. The van der Waals surface area contributed by atoms with E-state index in [-0.39, 0.29) is 11.3 Å².